The van der Waals surface area contributed by atoms with Crippen molar-refractivity contribution in [1.82, 2.24) is 15.5 Å². The van der Waals surface area contributed by atoms with Crippen LogP contribution in [0, 0.1) is 12.8 Å². The van der Waals surface area contributed by atoms with Crippen LogP contribution in [0.25, 0.3) is 11.3 Å². The number of carbonyl (C=O) groups is 1. The number of H-pyrrole nitrogens is 1. The van der Waals surface area contributed by atoms with Gasteiger partial charge in [0, 0.05) is 35.8 Å². The largest absolute Gasteiger partial charge is 0.375 e. The van der Waals surface area contributed by atoms with Gasteiger partial charge in [0.25, 0.3) is 5.56 Å². The summed E-state index contributed by atoms with van der Waals surface area (Å²) >= 11 is 0. The molecule has 1 aromatic carbocycles. The Morgan fingerprint density at radius 3 is 2.89 bits per heavy atom. The van der Waals surface area contributed by atoms with Crippen LogP contribution in [0.2, 0.25) is 0 Å². The molecular formula is C20H25ClN4O3. The van der Waals surface area contributed by atoms with E-state index in [0.717, 1.165) is 49.2 Å². The second kappa shape index (κ2) is 8.86. The van der Waals surface area contributed by atoms with E-state index < -0.39 is 0 Å². The van der Waals surface area contributed by atoms with Crippen LogP contribution in [0.4, 0.5) is 5.69 Å². The Bertz CT molecular complexity index is 881. The number of hydrogen-bond acceptors (Lipinski definition) is 5. The van der Waals surface area contributed by atoms with E-state index in [1.165, 1.54) is 6.07 Å². The first-order valence-electron chi connectivity index (χ1n) is 9.43. The Kier molecular flexibility index (Phi) is 6.49. The highest BCUT2D eigenvalue weighted by atomic mass is 35.5. The molecule has 1 amide bonds. The van der Waals surface area contributed by atoms with Crippen LogP contribution in [-0.2, 0) is 9.53 Å². The lowest BCUT2D eigenvalue weighted by Crippen LogP contribution is -2.52. The molecule has 0 spiro atoms. The summed E-state index contributed by atoms with van der Waals surface area (Å²) in [5.74, 6) is 0.0326. The monoisotopic (exact) mass is 404 g/mol. The number of hydrogen-bond donors (Lipinski definition) is 3. The zero-order valence-corrected chi connectivity index (χ0v) is 16.6. The summed E-state index contributed by atoms with van der Waals surface area (Å²) in [7, 11) is 0. The highest BCUT2D eigenvalue weighted by molar-refractivity contribution is 5.94. The third kappa shape index (κ3) is 4.43. The zero-order chi connectivity index (χ0) is 18.8. The van der Waals surface area contributed by atoms with Gasteiger partial charge < -0.3 is 15.4 Å². The standard InChI is InChI=1S/C20H24N4O3.ClH/c1-12-2-3-13(15-5-7-19(25)24-23-15)10-16(12)22-20(26)14-4-6-18-17(11-14)21-8-9-27-18;/h2-3,5,7,10,14,17-18,21H,4,6,8-9,11H2,1H3,(H,22,26)(H,24,25);1H/t14-,17+,18+;/m0./s1. The smallest absolute Gasteiger partial charge is 0.264 e. The molecule has 2 fully saturated rings. The Hall–Kier alpha value is -2.22. The van der Waals surface area contributed by atoms with Gasteiger partial charge in [-0.15, -0.1) is 12.4 Å². The molecule has 1 saturated carbocycles. The second-order valence-electron chi connectivity index (χ2n) is 7.31. The summed E-state index contributed by atoms with van der Waals surface area (Å²) in [6.45, 7) is 3.57. The average molecular weight is 405 g/mol. The molecule has 2 heterocycles. The lowest BCUT2D eigenvalue weighted by Gasteiger charge is -2.39. The Morgan fingerprint density at radius 1 is 1.25 bits per heavy atom. The SMILES string of the molecule is Cc1ccc(-c2ccc(=O)[nH]n2)cc1NC(=O)[C@H]1CC[C@H]2OCCN[C@@H]2C1.Cl. The van der Waals surface area contributed by atoms with Crippen molar-refractivity contribution in [2.75, 3.05) is 18.5 Å². The number of anilines is 1. The fourth-order valence-corrected chi connectivity index (χ4v) is 3.91. The molecule has 150 valence electrons. The van der Waals surface area contributed by atoms with Gasteiger partial charge in [0.15, 0.2) is 0 Å². The summed E-state index contributed by atoms with van der Waals surface area (Å²) in [5.41, 5.74) is 3.03. The van der Waals surface area contributed by atoms with Crippen molar-refractivity contribution < 1.29 is 9.53 Å². The van der Waals surface area contributed by atoms with Crippen LogP contribution < -0.4 is 16.2 Å². The van der Waals surface area contributed by atoms with Crippen molar-refractivity contribution >= 4 is 24.0 Å². The molecule has 3 N–H and O–H groups in total. The Morgan fingerprint density at radius 2 is 2.11 bits per heavy atom. The topological polar surface area (TPSA) is 96.1 Å². The van der Waals surface area contributed by atoms with Gasteiger partial charge in [-0.1, -0.05) is 12.1 Å². The number of nitrogens with one attached hydrogen (secondary N) is 3. The first-order chi connectivity index (χ1) is 13.1. The molecule has 1 aliphatic heterocycles. The molecule has 1 aromatic heterocycles. The molecule has 0 radical (unpaired) electrons. The zero-order valence-electron chi connectivity index (χ0n) is 15.7. The maximum absolute atomic E-state index is 12.8. The van der Waals surface area contributed by atoms with Crippen LogP contribution in [-0.4, -0.2) is 41.4 Å². The molecule has 1 aliphatic carbocycles. The van der Waals surface area contributed by atoms with Crippen LogP contribution in [0.15, 0.2) is 35.1 Å². The number of aryl methyl sites for hydroxylation is 1. The number of benzene rings is 1. The maximum Gasteiger partial charge on any atom is 0.264 e. The van der Waals surface area contributed by atoms with Crippen LogP contribution in [0.5, 0.6) is 0 Å². The van der Waals surface area contributed by atoms with Gasteiger partial charge in [0.1, 0.15) is 0 Å². The molecule has 0 bridgehead atoms. The number of rotatable bonds is 3. The van der Waals surface area contributed by atoms with Crippen molar-refractivity contribution in [3.63, 3.8) is 0 Å². The minimum atomic E-state index is -0.240. The molecule has 2 aliphatic rings. The number of aromatic amines is 1. The van der Waals surface area contributed by atoms with E-state index in [1.807, 2.05) is 25.1 Å². The van der Waals surface area contributed by atoms with E-state index in [1.54, 1.807) is 6.07 Å². The first-order valence-corrected chi connectivity index (χ1v) is 9.43. The molecule has 2 aromatic rings. The highest BCUT2D eigenvalue weighted by Crippen LogP contribution is 2.30. The predicted molar refractivity (Wildman–Crippen MR) is 110 cm³/mol. The lowest BCUT2D eigenvalue weighted by atomic mass is 9.82. The highest BCUT2D eigenvalue weighted by Gasteiger charge is 2.35. The molecule has 7 nitrogen and oxygen atoms in total. The minimum absolute atomic E-state index is 0. The van der Waals surface area contributed by atoms with Crippen LogP contribution >= 0.6 is 12.4 Å². The number of morpholine rings is 1. The van der Waals surface area contributed by atoms with Gasteiger partial charge in [-0.25, -0.2) is 5.10 Å². The summed E-state index contributed by atoms with van der Waals surface area (Å²) in [6, 6.07) is 9.16. The minimum Gasteiger partial charge on any atom is -0.375 e. The fraction of sp³-hybridized carbons (Fsp3) is 0.450. The van der Waals surface area contributed by atoms with Crippen molar-refractivity contribution in [2.45, 2.75) is 38.3 Å². The summed E-state index contributed by atoms with van der Waals surface area (Å²) in [5, 5.41) is 13.1. The predicted octanol–water partition coefficient (Wildman–Crippen LogP) is 2.26. The van der Waals surface area contributed by atoms with E-state index in [4.69, 9.17) is 4.74 Å². The van der Waals surface area contributed by atoms with Crippen LogP contribution in [0.1, 0.15) is 24.8 Å². The summed E-state index contributed by atoms with van der Waals surface area (Å²) < 4.78 is 5.79. The average Bonchev–Trinajstić information content (AvgIpc) is 2.70. The molecule has 3 atom stereocenters. The number of carbonyl (C=O) groups excluding carboxylic acids is 1. The Balaban J connectivity index is 0.00000225. The molecular weight excluding hydrogens is 380 g/mol. The van der Waals surface area contributed by atoms with Crippen LogP contribution in [0.3, 0.4) is 0 Å². The number of aromatic nitrogens is 2. The van der Waals surface area contributed by atoms with E-state index in [9.17, 15) is 9.59 Å². The van der Waals surface area contributed by atoms with E-state index >= 15 is 0 Å². The molecule has 28 heavy (non-hydrogen) atoms. The second-order valence-corrected chi connectivity index (χ2v) is 7.31. The summed E-state index contributed by atoms with van der Waals surface area (Å²) in [4.78, 5) is 24.0. The number of ether oxygens (including phenoxy) is 1. The van der Waals surface area contributed by atoms with Gasteiger partial charge in [0.2, 0.25) is 5.91 Å². The molecule has 8 heteroatoms. The third-order valence-corrected chi connectivity index (χ3v) is 5.47. The van der Waals surface area contributed by atoms with Crippen molar-refractivity contribution in [3.05, 3.63) is 46.2 Å². The number of halogens is 1. The van der Waals surface area contributed by atoms with Gasteiger partial charge in [-0.3, -0.25) is 9.59 Å². The van der Waals surface area contributed by atoms with Crippen molar-refractivity contribution in [2.24, 2.45) is 5.92 Å². The van der Waals surface area contributed by atoms with Gasteiger partial charge in [-0.2, -0.15) is 5.10 Å². The number of amides is 1. The lowest BCUT2D eigenvalue weighted by molar-refractivity contribution is -0.123. The van der Waals surface area contributed by atoms with Crippen molar-refractivity contribution in [1.29, 1.82) is 0 Å². The normalized spacial score (nSPS) is 24.0. The van der Waals surface area contributed by atoms with Gasteiger partial charge >= 0.3 is 0 Å². The van der Waals surface area contributed by atoms with E-state index in [0.29, 0.717) is 5.69 Å². The maximum atomic E-state index is 12.8. The van der Waals surface area contributed by atoms with Crippen molar-refractivity contribution in [3.8, 4) is 11.3 Å². The molecule has 4 rings (SSSR count). The van der Waals surface area contributed by atoms with Gasteiger partial charge in [-0.05, 0) is 43.9 Å². The number of fused-ring (bicyclic) bond motifs is 1. The first kappa shape index (κ1) is 20.5. The van der Waals surface area contributed by atoms with E-state index in [2.05, 4.69) is 20.8 Å². The molecule has 0 unspecified atom stereocenters. The van der Waals surface area contributed by atoms with E-state index in [-0.39, 0.29) is 41.9 Å². The molecule has 1 saturated heterocycles. The Labute approximate surface area is 169 Å². The summed E-state index contributed by atoms with van der Waals surface area (Å²) in [6.07, 6.45) is 2.79. The fourth-order valence-electron chi connectivity index (χ4n) is 3.91. The number of nitrogens with zero attached hydrogens (tertiary/aromatic N) is 1. The third-order valence-electron chi connectivity index (χ3n) is 5.47. The quantitative estimate of drug-likeness (QED) is 0.729. The van der Waals surface area contributed by atoms with Gasteiger partial charge in [0.05, 0.1) is 18.4 Å².